The lowest BCUT2D eigenvalue weighted by Gasteiger charge is -2.35. The van der Waals surface area contributed by atoms with Crippen LogP contribution in [0, 0.1) is 5.92 Å². The van der Waals surface area contributed by atoms with Gasteiger partial charge in [0.2, 0.25) is 0 Å². The van der Waals surface area contributed by atoms with Crippen molar-refractivity contribution in [2.24, 2.45) is 5.92 Å². The van der Waals surface area contributed by atoms with E-state index in [1.165, 1.54) is 0 Å². The van der Waals surface area contributed by atoms with Crippen LogP contribution in [-0.2, 0) is 19.9 Å². The Morgan fingerprint density at radius 2 is 2.25 bits per heavy atom. The molecule has 1 spiro atoms. The Kier molecular flexibility index (Phi) is 3.20. The maximum absolute atomic E-state index is 11.9. The SMILES string of the molecule is CCOC(=O)C1CCC2(CC1)OC(=O)c1ccncc12. The predicted octanol–water partition coefficient (Wildman–Crippen LogP) is 2.20. The first kappa shape index (κ1) is 13.1. The molecule has 0 bridgehead atoms. The van der Waals surface area contributed by atoms with Crippen molar-refractivity contribution >= 4 is 11.9 Å². The van der Waals surface area contributed by atoms with Gasteiger partial charge in [0.25, 0.3) is 0 Å². The fourth-order valence-electron chi connectivity index (χ4n) is 3.17. The Bertz CT molecular complexity index is 547. The molecule has 1 aliphatic carbocycles. The molecule has 1 aromatic rings. The summed E-state index contributed by atoms with van der Waals surface area (Å²) in [6.07, 6.45) is 5.98. The molecule has 1 saturated carbocycles. The second kappa shape index (κ2) is 4.89. The molecular formula is C15H17NO4. The van der Waals surface area contributed by atoms with Gasteiger partial charge in [0.15, 0.2) is 0 Å². The van der Waals surface area contributed by atoms with Crippen LogP contribution in [0.3, 0.4) is 0 Å². The third kappa shape index (κ3) is 1.97. The number of rotatable bonds is 2. The van der Waals surface area contributed by atoms with E-state index in [0.29, 0.717) is 37.9 Å². The van der Waals surface area contributed by atoms with Crippen molar-refractivity contribution in [3.05, 3.63) is 29.6 Å². The van der Waals surface area contributed by atoms with Gasteiger partial charge in [-0.25, -0.2) is 4.79 Å². The molecule has 5 heteroatoms. The van der Waals surface area contributed by atoms with E-state index in [1.807, 2.05) is 6.92 Å². The molecule has 2 heterocycles. The first-order valence-corrected chi connectivity index (χ1v) is 7.01. The molecule has 2 aliphatic rings. The standard InChI is InChI=1S/C15H17NO4/c1-2-19-13(17)10-3-6-15(7-4-10)12-9-16-8-5-11(12)14(18)20-15/h5,8-10H,2-4,6-7H2,1H3. The molecule has 0 unspecified atom stereocenters. The lowest BCUT2D eigenvalue weighted by molar-refractivity contribution is -0.151. The van der Waals surface area contributed by atoms with Gasteiger partial charge >= 0.3 is 11.9 Å². The Balaban J connectivity index is 1.78. The van der Waals surface area contributed by atoms with Gasteiger partial charge < -0.3 is 9.47 Å². The highest BCUT2D eigenvalue weighted by Gasteiger charge is 2.48. The minimum Gasteiger partial charge on any atom is -0.466 e. The van der Waals surface area contributed by atoms with E-state index in [9.17, 15) is 9.59 Å². The minimum atomic E-state index is -0.580. The zero-order valence-electron chi connectivity index (χ0n) is 11.4. The number of carbonyl (C=O) groups excluding carboxylic acids is 2. The monoisotopic (exact) mass is 275 g/mol. The third-order valence-electron chi connectivity index (χ3n) is 4.23. The second-order valence-corrected chi connectivity index (χ2v) is 5.33. The molecule has 0 radical (unpaired) electrons. The summed E-state index contributed by atoms with van der Waals surface area (Å²) in [5, 5.41) is 0. The number of ether oxygens (including phenoxy) is 2. The topological polar surface area (TPSA) is 65.5 Å². The van der Waals surface area contributed by atoms with Crippen molar-refractivity contribution in [2.75, 3.05) is 6.61 Å². The van der Waals surface area contributed by atoms with Crippen molar-refractivity contribution in [1.29, 1.82) is 0 Å². The second-order valence-electron chi connectivity index (χ2n) is 5.33. The molecule has 1 aliphatic heterocycles. The average Bonchev–Trinajstić information content (AvgIpc) is 2.74. The number of hydrogen-bond donors (Lipinski definition) is 0. The summed E-state index contributed by atoms with van der Waals surface area (Å²) in [7, 11) is 0. The van der Waals surface area contributed by atoms with Crippen LogP contribution >= 0.6 is 0 Å². The lowest BCUT2D eigenvalue weighted by Crippen LogP contribution is -2.34. The summed E-state index contributed by atoms with van der Waals surface area (Å²) in [4.78, 5) is 27.8. The highest BCUT2D eigenvalue weighted by molar-refractivity contribution is 5.94. The molecule has 0 atom stereocenters. The summed E-state index contributed by atoms with van der Waals surface area (Å²) < 4.78 is 10.7. The highest BCUT2D eigenvalue weighted by atomic mass is 16.6. The molecular weight excluding hydrogens is 258 g/mol. The number of aromatic nitrogens is 1. The Morgan fingerprint density at radius 1 is 1.50 bits per heavy atom. The maximum Gasteiger partial charge on any atom is 0.339 e. The maximum atomic E-state index is 11.9. The molecule has 5 nitrogen and oxygen atoms in total. The van der Waals surface area contributed by atoms with E-state index in [2.05, 4.69) is 4.98 Å². The fourth-order valence-corrected chi connectivity index (χ4v) is 3.17. The first-order chi connectivity index (χ1) is 9.66. The summed E-state index contributed by atoms with van der Waals surface area (Å²) in [6.45, 7) is 2.21. The summed E-state index contributed by atoms with van der Waals surface area (Å²) in [5.41, 5.74) is 0.894. The van der Waals surface area contributed by atoms with Gasteiger partial charge in [0.1, 0.15) is 5.60 Å². The van der Waals surface area contributed by atoms with Gasteiger partial charge in [-0.15, -0.1) is 0 Å². The van der Waals surface area contributed by atoms with Crippen LogP contribution in [0.4, 0.5) is 0 Å². The van der Waals surface area contributed by atoms with Gasteiger partial charge in [-0.2, -0.15) is 0 Å². The van der Waals surface area contributed by atoms with E-state index in [1.54, 1.807) is 18.5 Å². The average molecular weight is 275 g/mol. The van der Waals surface area contributed by atoms with E-state index in [-0.39, 0.29) is 17.9 Å². The number of pyridine rings is 1. The Morgan fingerprint density at radius 3 is 2.95 bits per heavy atom. The Labute approximate surface area is 117 Å². The largest absolute Gasteiger partial charge is 0.466 e. The number of esters is 2. The third-order valence-corrected chi connectivity index (χ3v) is 4.23. The van der Waals surface area contributed by atoms with Crippen LogP contribution < -0.4 is 0 Å². The normalized spacial score (nSPS) is 28.1. The molecule has 0 amide bonds. The number of hydrogen-bond acceptors (Lipinski definition) is 5. The number of fused-ring (bicyclic) bond motifs is 2. The van der Waals surface area contributed by atoms with Crippen LogP contribution in [0.25, 0.3) is 0 Å². The van der Waals surface area contributed by atoms with Crippen molar-refractivity contribution in [1.82, 2.24) is 4.98 Å². The number of nitrogens with zero attached hydrogens (tertiary/aromatic N) is 1. The van der Waals surface area contributed by atoms with Crippen LogP contribution in [0.5, 0.6) is 0 Å². The summed E-state index contributed by atoms with van der Waals surface area (Å²) >= 11 is 0. The van der Waals surface area contributed by atoms with E-state index < -0.39 is 5.60 Å². The zero-order valence-corrected chi connectivity index (χ0v) is 11.4. The molecule has 20 heavy (non-hydrogen) atoms. The summed E-state index contributed by atoms with van der Waals surface area (Å²) in [5.74, 6) is -0.505. The Hall–Kier alpha value is -1.91. The van der Waals surface area contributed by atoms with E-state index >= 15 is 0 Å². The van der Waals surface area contributed by atoms with Gasteiger partial charge in [-0.1, -0.05) is 0 Å². The molecule has 0 aromatic carbocycles. The first-order valence-electron chi connectivity index (χ1n) is 7.01. The van der Waals surface area contributed by atoms with Crippen LogP contribution in [0.2, 0.25) is 0 Å². The molecule has 1 fully saturated rings. The molecule has 0 saturated heterocycles. The van der Waals surface area contributed by atoms with Crippen LogP contribution in [0.1, 0.15) is 48.5 Å². The molecule has 0 N–H and O–H groups in total. The van der Waals surface area contributed by atoms with Gasteiger partial charge in [-0.3, -0.25) is 9.78 Å². The van der Waals surface area contributed by atoms with E-state index in [0.717, 1.165) is 5.56 Å². The van der Waals surface area contributed by atoms with Crippen molar-refractivity contribution in [3.63, 3.8) is 0 Å². The van der Waals surface area contributed by atoms with Gasteiger partial charge in [0, 0.05) is 18.0 Å². The molecule has 3 rings (SSSR count). The zero-order chi connectivity index (χ0) is 14.2. The number of carbonyl (C=O) groups is 2. The smallest absolute Gasteiger partial charge is 0.339 e. The predicted molar refractivity (Wildman–Crippen MR) is 69.9 cm³/mol. The van der Waals surface area contributed by atoms with Crippen molar-refractivity contribution in [2.45, 2.75) is 38.2 Å². The highest BCUT2D eigenvalue weighted by Crippen LogP contribution is 2.47. The van der Waals surface area contributed by atoms with Gasteiger partial charge in [0.05, 0.1) is 18.1 Å². The van der Waals surface area contributed by atoms with E-state index in [4.69, 9.17) is 9.47 Å². The van der Waals surface area contributed by atoms with Gasteiger partial charge in [-0.05, 0) is 38.7 Å². The minimum absolute atomic E-state index is 0.0833. The molecule has 1 aromatic heterocycles. The van der Waals surface area contributed by atoms with Crippen molar-refractivity contribution in [3.8, 4) is 0 Å². The van der Waals surface area contributed by atoms with Crippen LogP contribution in [0.15, 0.2) is 18.5 Å². The summed E-state index contributed by atoms with van der Waals surface area (Å²) in [6, 6.07) is 1.70. The molecule has 106 valence electrons. The van der Waals surface area contributed by atoms with Crippen LogP contribution in [-0.4, -0.2) is 23.5 Å². The van der Waals surface area contributed by atoms with Crippen molar-refractivity contribution < 1.29 is 19.1 Å². The quantitative estimate of drug-likeness (QED) is 0.774. The lowest BCUT2D eigenvalue weighted by atomic mass is 9.75. The fraction of sp³-hybridized carbons (Fsp3) is 0.533.